The standard InChI is InChI=1S/C12H14Cl2O2/c13-10-3-1-2-9(12(10)14)11(15)6-8-4-5-16-7-8/h1-3,8,11,15H,4-7H2. The number of hydrogen-bond donors (Lipinski definition) is 1. The molecule has 0 aliphatic carbocycles. The minimum Gasteiger partial charge on any atom is -0.388 e. The number of aliphatic hydroxyl groups excluding tert-OH is 1. The molecule has 0 radical (unpaired) electrons. The highest BCUT2D eigenvalue weighted by molar-refractivity contribution is 6.42. The first-order valence-electron chi connectivity index (χ1n) is 5.38. The predicted molar refractivity (Wildman–Crippen MR) is 65.0 cm³/mol. The highest BCUT2D eigenvalue weighted by Gasteiger charge is 2.22. The molecule has 1 aromatic rings. The van der Waals surface area contributed by atoms with Crippen LogP contribution in [-0.4, -0.2) is 18.3 Å². The number of benzene rings is 1. The van der Waals surface area contributed by atoms with Crippen LogP contribution in [0.3, 0.4) is 0 Å². The molecule has 1 aromatic carbocycles. The van der Waals surface area contributed by atoms with E-state index in [1.165, 1.54) is 0 Å². The molecule has 4 heteroatoms. The van der Waals surface area contributed by atoms with E-state index in [0.717, 1.165) is 19.6 Å². The topological polar surface area (TPSA) is 29.5 Å². The Hall–Kier alpha value is -0.280. The molecule has 1 fully saturated rings. The molecule has 0 spiro atoms. The van der Waals surface area contributed by atoms with Crippen molar-refractivity contribution in [2.24, 2.45) is 5.92 Å². The van der Waals surface area contributed by atoms with E-state index in [1.54, 1.807) is 12.1 Å². The van der Waals surface area contributed by atoms with Crippen LogP contribution in [0.25, 0.3) is 0 Å². The maximum atomic E-state index is 10.1. The Kier molecular flexibility index (Phi) is 4.09. The maximum Gasteiger partial charge on any atom is 0.0808 e. The lowest BCUT2D eigenvalue weighted by Gasteiger charge is -2.16. The Balaban J connectivity index is 2.07. The minimum atomic E-state index is -0.558. The molecule has 1 aliphatic rings. The fourth-order valence-corrected chi connectivity index (χ4v) is 2.42. The van der Waals surface area contributed by atoms with Crippen LogP contribution in [-0.2, 0) is 4.74 Å². The van der Waals surface area contributed by atoms with Crippen LogP contribution < -0.4 is 0 Å². The summed E-state index contributed by atoms with van der Waals surface area (Å²) in [6.07, 6.45) is 1.13. The third kappa shape index (κ3) is 2.69. The lowest BCUT2D eigenvalue weighted by molar-refractivity contribution is 0.130. The Bertz CT molecular complexity index is 362. The Morgan fingerprint density at radius 1 is 1.44 bits per heavy atom. The molecular weight excluding hydrogens is 247 g/mol. The van der Waals surface area contributed by atoms with Crippen LogP contribution in [0.2, 0.25) is 10.0 Å². The van der Waals surface area contributed by atoms with Crippen molar-refractivity contribution in [2.75, 3.05) is 13.2 Å². The van der Waals surface area contributed by atoms with Crippen LogP contribution in [0.5, 0.6) is 0 Å². The van der Waals surface area contributed by atoms with E-state index in [-0.39, 0.29) is 0 Å². The average Bonchev–Trinajstić information content (AvgIpc) is 2.74. The second-order valence-electron chi connectivity index (χ2n) is 4.12. The molecule has 2 atom stereocenters. The smallest absolute Gasteiger partial charge is 0.0808 e. The molecule has 88 valence electrons. The van der Waals surface area contributed by atoms with Crippen molar-refractivity contribution in [3.05, 3.63) is 33.8 Å². The molecule has 0 bridgehead atoms. The van der Waals surface area contributed by atoms with Crippen molar-refractivity contribution in [1.29, 1.82) is 0 Å². The largest absolute Gasteiger partial charge is 0.388 e. The van der Waals surface area contributed by atoms with Crippen LogP contribution in [0.4, 0.5) is 0 Å². The lowest BCUT2D eigenvalue weighted by atomic mass is 9.96. The summed E-state index contributed by atoms with van der Waals surface area (Å²) < 4.78 is 5.28. The third-order valence-corrected chi connectivity index (χ3v) is 3.75. The first-order chi connectivity index (χ1) is 7.68. The molecule has 1 saturated heterocycles. The average molecular weight is 261 g/mol. The Morgan fingerprint density at radius 3 is 2.94 bits per heavy atom. The van der Waals surface area contributed by atoms with Crippen molar-refractivity contribution >= 4 is 23.2 Å². The molecule has 16 heavy (non-hydrogen) atoms. The molecule has 1 N–H and O–H groups in total. The minimum absolute atomic E-state index is 0.421. The van der Waals surface area contributed by atoms with Gasteiger partial charge in [0.1, 0.15) is 0 Å². The summed E-state index contributed by atoms with van der Waals surface area (Å²) in [5, 5.41) is 11.0. The van der Waals surface area contributed by atoms with E-state index in [4.69, 9.17) is 27.9 Å². The highest BCUT2D eigenvalue weighted by atomic mass is 35.5. The molecular formula is C12H14Cl2O2. The van der Waals surface area contributed by atoms with E-state index in [0.29, 0.717) is 27.9 Å². The second kappa shape index (κ2) is 5.37. The maximum absolute atomic E-state index is 10.1. The summed E-state index contributed by atoms with van der Waals surface area (Å²) in [5.74, 6) is 0.421. The summed E-state index contributed by atoms with van der Waals surface area (Å²) in [5.41, 5.74) is 0.709. The summed E-state index contributed by atoms with van der Waals surface area (Å²) >= 11 is 12.0. The van der Waals surface area contributed by atoms with E-state index in [9.17, 15) is 5.11 Å². The summed E-state index contributed by atoms with van der Waals surface area (Å²) in [6, 6.07) is 5.34. The van der Waals surface area contributed by atoms with Gasteiger partial charge in [0.25, 0.3) is 0 Å². The van der Waals surface area contributed by atoms with Gasteiger partial charge in [-0.3, -0.25) is 0 Å². The zero-order chi connectivity index (χ0) is 11.5. The number of ether oxygens (including phenoxy) is 1. The van der Waals surface area contributed by atoms with Crippen molar-refractivity contribution in [3.63, 3.8) is 0 Å². The monoisotopic (exact) mass is 260 g/mol. The van der Waals surface area contributed by atoms with Gasteiger partial charge < -0.3 is 9.84 Å². The van der Waals surface area contributed by atoms with Gasteiger partial charge in [-0.2, -0.15) is 0 Å². The van der Waals surface area contributed by atoms with Gasteiger partial charge in [0.15, 0.2) is 0 Å². The molecule has 0 aromatic heterocycles. The number of hydrogen-bond acceptors (Lipinski definition) is 2. The molecule has 0 saturated carbocycles. The Morgan fingerprint density at radius 2 is 2.25 bits per heavy atom. The highest BCUT2D eigenvalue weighted by Crippen LogP contribution is 2.34. The van der Waals surface area contributed by atoms with Crippen molar-refractivity contribution in [1.82, 2.24) is 0 Å². The zero-order valence-corrected chi connectivity index (χ0v) is 10.3. The SMILES string of the molecule is OC(CC1CCOC1)c1cccc(Cl)c1Cl. The predicted octanol–water partition coefficient (Wildman–Crippen LogP) is 3.45. The van der Waals surface area contributed by atoms with E-state index in [2.05, 4.69) is 0 Å². The lowest BCUT2D eigenvalue weighted by Crippen LogP contribution is -2.07. The summed E-state index contributed by atoms with van der Waals surface area (Å²) in [7, 11) is 0. The van der Waals surface area contributed by atoms with E-state index >= 15 is 0 Å². The first-order valence-corrected chi connectivity index (χ1v) is 6.14. The van der Waals surface area contributed by atoms with Crippen LogP contribution in [0.15, 0.2) is 18.2 Å². The van der Waals surface area contributed by atoms with Gasteiger partial charge >= 0.3 is 0 Å². The molecule has 2 unspecified atom stereocenters. The van der Waals surface area contributed by atoms with Gasteiger partial charge in [0.2, 0.25) is 0 Å². The number of rotatable bonds is 3. The first kappa shape index (κ1) is 12.2. The van der Waals surface area contributed by atoms with Gasteiger partial charge in [-0.05, 0) is 24.8 Å². The van der Waals surface area contributed by atoms with Gasteiger partial charge in [-0.1, -0.05) is 35.3 Å². The molecule has 2 nitrogen and oxygen atoms in total. The summed E-state index contributed by atoms with van der Waals surface area (Å²) in [6.45, 7) is 1.52. The second-order valence-corrected chi connectivity index (χ2v) is 4.91. The Labute approximate surface area is 105 Å². The van der Waals surface area contributed by atoms with Gasteiger partial charge in [0, 0.05) is 18.8 Å². The van der Waals surface area contributed by atoms with Gasteiger partial charge in [-0.15, -0.1) is 0 Å². The van der Waals surface area contributed by atoms with Gasteiger partial charge in [0.05, 0.1) is 16.1 Å². The van der Waals surface area contributed by atoms with Crippen molar-refractivity contribution in [2.45, 2.75) is 18.9 Å². The normalized spacial score (nSPS) is 22.3. The molecule has 1 heterocycles. The third-order valence-electron chi connectivity index (χ3n) is 2.92. The fourth-order valence-electron chi connectivity index (χ4n) is 1.99. The fraction of sp³-hybridized carbons (Fsp3) is 0.500. The molecule has 1 aliphatic heterocycles. The van der Waals surface area contributed by atoms with Crippen LogP contribution in [0.1, 0.15) is 24.5 Å². The van der Waals surface area contributed by atoms with Crippen molar-refractivity contribution < 1.29 is 9.84 Å². The summed E-state index contributed by atoms with van der Waals surface area (Å²) in [4.78, 5) is 0. The number of aliphatic hydroxyl groups is 1. The molecule has 2 rings (SSSR count). The quantitative estimate of drug-likeness (QED) is 0.902. The van der Waals surface area contributed by atoms with Crippen LogP contribution in [0, 0.1) is 5.92 Å². The van der Waals surface area contributed by atoms with E-state index < -0.39 is 6.10 Å². The zero-order valence-electron chi connectivity index (χ0n) is 8.83. The van der Waals surface area contributed by atoms with Crippen molar-refractivity contribution in [3.8, 4) is 0 Å². The van der Waals surface area contributed by atoms with Gasteiger partial charge in [-0.25, -0.2) is 0 Å². The molecule has 0 amide bonds. The van der Waals surface area contributed by atoms with Crippen LogP contribution >= 0.6 is 23.2 Å². The number of halogens is 2. The van der Waals surface area contributed by atoms with E-state index in [1.807, 2.05) is 6.07 Å².